The summed E-state index contributed by atoms with van der Waals surface area (Å²) in [6, 6.07) is 3.11. The standard InChI is InChI=1S/C10H10N2O2/c1-9(13)10(2-11)3-5-8-6(12(5)9)4(10)7(3)14-8/h3-8,13H,1H3/t3-,4+,5-,6-,7?,8?,9+,10?/m0/s1. The Morgan fingerprint density at radius 3 is 2.57 bits per heavy atom. The number of nitriles is 1. The van der Waals surface area contributed by atoms with Gasteiger partial charge in [0.05, 0.1) is 18.3 Å². The number of aliphatic hydroxyl groups is 1. The molecule has 6 rings (SSSR count). The van der Waals surface area contributed by atoms with E-state index in [-0.39, 0.29) is 0 Å². The third-order valence-corrected chi connectivity index (χ3v) is 5.60. The van der Waals surface area contributed by atoms with E-state index in [2.05, 4.69) is 11.0 Å². The zero-order chi connectivity index (χ0) is 9.46. The molecule has 5 saturated heterocycles. The van der Waals surface area contributed by atoms with Gasteiger partial charge in [0.2, 0.25) is 0 Å². The van der Waals surface area contributed by atoms with E-state index in [0.717, 1.165) is 0 Å². The van der Waals surface area contributed by atoms with Crippen molar-refractivity contribution in [2.24, 2.45) is 17.3 Å². The molecule has 1 N–H and O–H groups in total. The monoisotopic (exact) mass is 190 g/mol. The lowest BCUT2D eigenvalue weighted by Gasteiger charge is -2.58. The van der Waals surface area contributed by atoms with E-state index < -0.39 is 11.1 Å². The van der Waals surface area contributed by atoms with Gasteiger partial charge in [-0.3, -0.25) is 4.90 Å². The third-order valence-electron chi connectivity index (χ3n) is 5.60. The summed E-state index contributed by atoms with van der Waals surface area (Å²) in [5, 5.41) is 19.8. The van der Waals surface area contributed by atoms with E-state index in [1.165, 1.54) is 0 Å². The third kappa shape index (κ3) is 0.286. The molecule has 0 aromatic rings. The van der Waals surface area contributed by atoms with E-state index in [9.17, 15) is 10.4 Å². The first-order chi connectivity index (χ1) is 6.66. The van der Waals surface area contributed by atoms with Crippen LogP contribution in [0.3, 0.4) is 0 Å². The van der Waals surface area contributed by atoms with E-state index >= 15 is 0 Å². The van der Waals surface area contributed by atoms with Crippen LogP contribution in [0, 0.1) is 28.6 Å². The fourth-order valence-corrected chi connectivity index (χ4v) is 5.34. The number of rotatable bonds is 0. The van der Waals surface area contributed by atoms with Gasteiger partial charge in [-0.15, -0.1) is 0 Å². The van der Waals surface area contributed by atoms with Gasteiger partial charge in [0.25, 0.3) is 0 Å². The maximum atomic E-state index is 10.4. The molecule has 0 spiro atoms. The number of hydrogen-bond acceptors (Lipinski definition) is 4. The van der Waals surface area contributed by atoms with E-state index in [1.54, 1.807) is 0 Å². The zero-order valence-corrected chi connectivity index (χ0v) is 7.71. The van der Waals surface area contributed by atoms with Gasteiger partial charge >= 0.3 is 0 Å². The minimum atomic E-state index is -0.886. The van der Waals surface area contributed by atoms with Crippen molar-refractivity contribution in [2.75, 3.05) is 0 Å². The van der Waals surface area contributed by atoms with Crippen molar-refractivity contribution in [3.63, 3.8) is 0 Å². The highest BCUT2D eigenvalue weighted by atomic mass is 16.5. The number of nitrogens with zero attached hydrogens (tertiary/aromatic N) is 2. The average Bonchev–Trinajstić information content (AvgIpc) is 2.60. The normalized spacial score (nSPS) is 80.1. The van der Waals surface area contributed by atoms with Crippen molar-refractivity contribution in [1.82, 2.24) is 4.90 Å². The summed E-state index contributed by atoms with van der Waals surface area (Å²) in [4.78, 5) is 2.14. The molecule has 4 nitrogen and oxygen atoms in total. The summed E-state index contributed by atoms with van der Waals surface area (Å²) in [6.45, 7) is 1.81. The van der Waals surface area contributed by atoms with Gasteiger partial charge in [-0.1, -0.05) is 0 Å². The average molecular weight is 190 g/mol. The Kier molecular flexibility index (Phi) is 0.656. The quantitative estimate of drug-likeness (QED) is 0.548. The van der Waals surface area contributed by atoms with Gasteiger partial charge in [-0.05, 0) is 6.92 Å². The highest BCUT2D eigenvalue weighted by Crippen LogP contribution is 2.83. The van der Waals surface area contributed by atoms with Gasteiger partial charge in [0.1, 0.15) is 11.1 Å². The Morgan fingerprint density at radius 2 is 2.00 bits per heavy atom. The SMILES string of the molecule is C[C@]1(O)N2[C@@H]3C4OC5[C@H]3C1(C#N)[C@@H]5[C@@H]42. The molecule has 4 heteroatoms. The summed E-state index contributed by atoms with van der Waals surface area (Å²) < 4.78 is 5.81. The van der Waals surface area contributed by atoms with E-state index in [1.807, 2.05) is 6.92 Å². The highest BCUT2D eigenvalue weighted by molar-refractivity contribution is 5.48. The molecule has 1 saturated carbocycles. The molecule has 5 aliphatic heterocycles. The lowest BCUT2D eigenvalue weighted by Crippen LogP contribution is -2.74. The van der Waals surface area contributed by atoms with Crippen molar-refractivity contribution in [3.8, 4) is 6.07 Å². The first kappa shape index (κ1) is 6.78. The molecule has 0 aromatic heterocycles. The van der Waals surface area contributed by atoms with Crippen LogP contribution in [0.1, 0.15) is 6.92 Å². The molecule has 6 fully saturated rings. The Bertz CT molecular complexity index is 406. The largest absolute Gasteiger partial charge is 0.374 e. The van der Waals surface area contributed by atoms with Crippen molar-refractivity contribution < 1.29 is 9.84 Å². The minimum Gasteiger partial charge on any atom is -0.374 e. The molecule has 0 radical (unpaired) electrons. The lowest BCUT2D eigenvalue weighted by molar-refractivity contribution is -0.181. The van der Waals surface area contributed by atoms with Crippen LogP contribution in [0.25, 0.3) is 0 Å². The van der Waals surface area contributed by atoms with Crippen molar-refractivity contribution in [3.05, 3.63) is 0 Å². The molecule has 1 aliphatic carbocycles. The summed E-state index contributed by atoms with van der Waals surface area (Å²) in [5.74, 6) is 0.588. The molecule has 4 bridgehead atoms. The highest BCUT2D eigenvalue weighted by Gasteiger charge is 2.97. The topological polar surface area (TPSA) is 56.5 Å². The van der Waals surface area contributed by atoms with Crippen LogP contribution >= 0.6 is 0 Å². The Labute approximate surface area is 81.1 Å². The molecule has 14 heavy (non-hydrogen) atoms. The van der Waals surface area contributed by atoms with Gasteiger partial charge in [0, 0.05) is 23.9 Å². The van der Waals surface area contributed by atoms with Crippen LogP contribution in [-0.2, 0) is 4.74 Å². The fraction of sp³-hybridized carbons (Fsp3) is 0.900. The summed E-state index contributed by atoms with van der Waals surface area (Å²) in [7, 11) is 0. The maximum Gasteiger partial charge on any atom is 0.135 e. The predicted octanol–water partition coefficient (Wildman–Crippen LogP) is -0.702. The fourth-order valence-electron chi connectivity index (χ4n) is 5.34. The summed E-state index contributed by atoms with van der Waals surface area (Å²) in [6.07, 6.45) is 0.630. The Morgan fingerprint density at radius 1 is 1.36 bits per heavy atom. The second kappa shape index (κ2) is 1.35. The number of ether oxygens (including phenoxy) is 1. The molecular weight excluding hydrogens is 180 g/mol. The molecular formula is C10H10N2O2. The zero-order valence-electron chi connectivity index (χ0n) is 7.71. The molecule has 5 heterocycles. The molecule has 3 unspecified atom stereocenters. The van der Waals surface area contributed by atoms with Gasteiger partial charge in [0.15, 0.2) is 0 Å². The van der Waals surface area contributed by atoms with Crippen molar-refractivity contribution in [1.29, 1.82) is 5.26 Å². The van der Waals surface area contributed by atoms with Crippen molar-refractivity contribution >= 4 is 0 Å². The Hall–Kier alpha value is -0.630. The second-order valence-corrected chi connectivity index (χ2v) is 5.51. The molecule has 8 atom stereocenters. The van der Waals surface area contributed by atoms with Gasteiger partial charge in [-0.25, -0.2) is 0 Å². The number of hydrogen-bond donors (Lipinski definition) is 1. The van der Waals surface area contributed by atoms with Crippen LogP contribution in [0.2, 0.25) is 0 Å². The Balaban J connectivity index is 1.87. The predicted molar refractivity (Wildman–Crippen MR) is 43.7 cm³/mol. The summed E-state index contributed by atoms with van der Waals surface area (Å²) >= 11 is 0. The second-order valence-electron chi connectivity index (χ2n) is 5.51. The first-order valence-electron chi connectivity index (χ1n) is 5.24. The van der Waals surface area contributed by atoms with Crippen LogP contribution in [0.4, 0.5) is 0 Å². The van der Waals surface area contributed by atoms with Gasteiger partial charge < -0.3 is 9.84 Å². The molecule has 0 amide bonds. The molecule has 72 valence electrons. The van der Waals surface area contributed by atoms with E-state index in [4.69, 9.17) is 4.74 Å². The van der Waals surface area contributed by atoms with Crippen molar-refractivity contribution in [2.45, 2.75) is 36.9 Å². The minimum absolute atomic E-state index is 0.292. The summed E-state index contributed by atoms with van der Waals surface area (Å²) in [5.41, 5.74) is -1.39. The lowest BCUT2D eigenvalue weighted by atomic mass is 9.44. The van der Waals surface area contributed by atoms with Crippen LogP contribution in [0.15, 0.2) is 0 Å². The van der Waals surface area contributed by atoms with E-state index in [0.29, 0.717) is 36.1 Å². The molecule has 0 aromatic carbocycles. The first-order valence-corrected chi connectivity index (χ1v) is 5.24. The maximum absolute atomic E-state index is 10.4. The van der Waals surface area contributed by atoms with Gasteiger partial charge in [-0.2, -0.15) is 5.26 Å². The van der Waals surface area contributed by atoms with Crippen LogP contribution in [-0.4, -0.2) is 40.0 Å². The molecule has 6 aliphatic rings. The number of piperidine rings is 2. The smallest absolute Gasteiger partial charge is 0.135 e. The van der Waals surface area contributed by atoms with Crippen LogP contribution < -0.4 is 0 Å². The van der Waals surface area contributed by atoms with Crippen LogP contribution in [0.5, 0.6) is 0 Å².